The SMILES string of the molecule is NC1CCc2c1cncc2N1Cc2cc(Cl)ccc2C1=O. The molecule has 106 valence electrons. The number of hydrogen-bond donors (Lipinski definition) is 1. The molecule has 4 nitrogen and oxygen atoms in total. The number of nitrogens with two attached hydrogens (primary N) is 1. The maximum absolute atomic E-state index is 12.6. The summed E-state index contributed by atoms with van der Waals surface area (Å²) in [4.78, 5) is 18.7. The van der Waals surface area contributed by atoms with E-state index in [9.17, 15) is 4.79 Å². The highest BCUT2D eigenvalue weighted by atomic mass is 35.5. The molecule has 1 atom stereocenters. The van der Waals surface area contributed by atoms with Crippen LogP contribution in [0.3, 0.4) is 0 Å². The molecular weight excluding hydrogens is 286 g/mol. The molecular formula is C16H14ClN3O. The molecule has 1 amide bonds. The van der Waals surface area contributed by atoms with E-state index in [2.05, 4.69) is 4.98 Å². The van der Waals surface area contributed by atoms with Crippen LogP contribution in [0.5, 0.6) is 0 Å². The molecule has 0 fully saturated rings. The molecule has 1 aromatic carbocycles. The van der Waals surface area contributed by atoms with Crippen LogP contribution < -0.4 is 10.6 Å². The van der Waals surface area contributed by atoms with Crippen molar-refractivity contribution in [2.24, 2.45) is 5.73 Å². The molecule has 5 heteroatoms. The van der Waals surface area contributed by atoms with Crippen molar-refractivity contribution in [2.45, 2.75) is 25.4 Å². The van der Waals surface area contributed by atoms with Gasteiger partial charge in [-0.2, -0.15) is 0 Å². The summed E-state index contributed by atoms with van der Waals surface area (Å²) in [5, 5.41) is 0.654. The number of carbonyl (C=O) groups excluding carboxylic acids is 1. The van der Waals surface area contributed by atoms with Crippen LogP contribution in [0.2, 0.25) is 5.02 Å². The Bertz CT molecular complexity index is 759. The molecule has 1 unspecified atom stereocenters. The predicted octanol–water partition coefficient (Wildman–Crippen LogP) is 2.84. The van der Waals surface area contributed by atoms with Crippen LogP contribution in [0.25, 0.3) is 0 Å². The molecule has 4 rings (SSSR count). The maximum atomic E-state index is 12.6. The number of anilines is 1. The number of halogens is 1. The minimum Gasteiger partial charge on any atom is -0.324 e. The monoisotopic (exact) mass is 299 g/mol. The van der Waals surface area contributed by atoms with Crippen molar-refractivity contribution in [3.63, 3.8) is 0 Å². The van der Waals surface area contributed by atoms with E-state index in [1.54, 1.807) is 23.2 Å². The number of amides is 1. The molecule has 0 bridgehead atoms. The van der Waals surface area contributed by atoms with Crippen molar-refractivity contribution in [1.82, 2.24) is 4.98 Å². The number of benzene rings is 1. The van der Waals surface area contributed by atoms with Gasteiger partial charge in [-0.3, -0.25) is 9.78 Å². The summed E-state index contributed by atoms with van der Waals surface area (Å²) in [6.45, 7) is 0.544. The summed E-state index contributed by atoms with van der Waals surface area (Å²) in [7, 11) is 0. The van der Waals surface area contributed by atoms with E-state index in [1.807, 2.05) is 12.3 Å². The lowest BCUT2D eigenvalue weighted by Gasteiger charge is -2.19. The van der Waals surface area contributed by atoms with Gasteiger partial charge in [-0.15, -0.1) is 0 Å². The third-order valence-corrected chi connectivity index (χ3v) is 4.57. The van der Waals surface area contributed by atoms with Crippen LogP contribution in [0, 0.1) is 0 Å². The summed E-state index contributed by atoms with van der Waals surface area (Å²) in [5.41, 5.74) is 10.9. The Morgan fingerprint density at radius 2 is 2.19 bits per heavy atom. The predicted molar refractivity (Wildman–Crippen MR) is 81.5 cm³/mol. The highest BCUT2D eigenvalue weighted by Gasteiger charge is 2.32. The van der Waals surface area contributed by atoms with Crippen molar-refractivity contribution in [3.8, 4) is 0 Å². The Balaban J connectivity index is 1.79. The molecule has 0 spiro atoms. The van der Waals surface area contributed by atoms with Crippen molar-refractivity contribution in [2.75, 3.05) is 4.90 Å². The Labute approximate surface area is 127 Å². The quantitative estimate of drug-likeness (QED) is 0.881. The van der Waals surface area contributed by atoms with Crippen LogP contribution in [0.1, 0.15) is 39.5 Å². The molecule has 21 heavy (non-hydrogen) atoms. The van der Waals surface area contributed by atoms with Gasteiger partial charge in [-0.25, -0.2) is 0 Å². The average Bonchev–Trinajstić information content (AvgIpc) is 3.00. The fourth-order valence-corrected chi connectivity index (χ4v) is 3.45. The lowest BCUT2D eigenvalue weighted by molar-refractivity contribution is 0.0996. The van der Waals surface area contributed by atoms with E-state index in [4.69, 9.17) is 17.3 Å². The third-order valence-electron chi connectivity index (χ3n) is 4.34. The average molecular weight is 300 g/mol. The number of carbonyl (C=O) groups is 1. The maximum Gasteiger partial charge on any atom is 0.258 e. The molecule has 0 radical (unpaired) electrons. The molecule has 0 saturated heterocycles. The first-order valence-electron chi connectivity index (χ1n) is 6.98. The second-order valence-electron chi connectivity index (χ2n) is 5.56. The molecule has 2 heterocycles. The molecule has 1 aliphatic carbocycles. The molecule has 2 N–H and O–H groups in total. The molecule has 1 aromatic heterocycles. The van der Waals surface area contributed by atoms with E-state index in [0.717, 1.165) is 40.8 Å². The van der Waals surface area contributed by atoms with E-state index in [-0.39, 0.29) is 11.9 Å². The smallest absolute Gasteiger partial charge is 0.258 e. The van der Waals surface area contributed by atoms with Crippen molar-refractivity contribution >= 4 is 23.2 Å². The van der Waals surface area contributed by atoms with Gasteiger partial charge in [0.1, 0.15) is 0 Å². The number of hydrogen-bond acceptors (Lipinski definition) is 3. The zero-order valence-corrected chi connectivity index (χ0v) is 12.1. The second kappa shape index (κ2) is 4.55. The van der Waals surface area contributed by atoms with Gasteiger partial charge in [-0.05, 0) is 47.7 Å². The minimum atomic E-state index is 0.0114. The van der Waals surface area contributed by atoms with Crippen LogP contribution in [0.15, 0.2) is 30.6 Å². The topological polar surface area (TPSA) is 59.2 Å². The third kappa shape index (κ3) is 1.87. The minimum absolute atomic E-state index is 0.0114. The van der Waals surface area contributed by atoms with Crippen LogP contribution in [-0.2, 0) is 13.0 Å². The Hall–Kier alpha value is -1.91. The zero-order valence-electron chi connectivity index (χ0n) is 11.3. The second-order valence-corrected chi connectivity index (χ2v) is 6.00. The van der Waals surface area contributed by atoms with Gasteiger partial charge in [-0.1, -0.05) is 11.6 Å². The van der Waals surface area contributed by atoms with Crippen molar-refractivity contribution < 1.29 is 4.79 Å². The lowest BCUT2D eigenvalue weighted by Crippen LogP contribution is -2.24. The summed E-state index contributed by atoms with van der Waals surface area (Å²) in [6.07, 6.45) is 5.40. The molecule has 1 aliphatic heterocycles. The highest BCUT2D eigenvalue weighted by Crippen LogP contribution is 2.38. The van der Waals surface area contributed by atoms with E-state index in [1.165, 1.54) is 0 Å². The van der Waals surface area contributed by atoms with E-state index < -0.39 is 0 Å². The van der Waals surface area contributed by atoms with E-state index >= 15 is 0 Å². The fourth-order valence-electron chi connectivity index (χ4n) is 3.26. The van der Waals surface area contributed by atoms with Gasteiger partial charge in [0.2, 0.25) is 0 Å². The number of rotatable bonds is 1. The number of aromatic nitrogens is 1. The van der Waals surface area contributed by atoms with Crippen molar-refractivity contribution in [1.29, 1.82) is 0 Å². The first kappa shape index (κ1) is 12.8. The molecule has 0 saturated carbocycles. The van der Waals surface area contributed by atoms with Gasteiger partial charge >= 0.3 is 0 Å². The van der Waals surface area contributed by atoms with Crippen LogP contribution >= 0.6 is 11.6 Å². The first-order chi connectivity index (χ1) is 10.1. The summed E-state index contributed by atoms with van der Waals surface area (Å²) in [6, 6.07) is 5.44. The highest BCUT2D eigenvalue weighted by molar-refractivity contribution is 6.31. The largest absolute Gasteiger partial charge is 0.324 e. The van der Waals surface area contributed by atoms with Gasteiger partial charge in [0.25, 0.3) is 5.91 Å². The Morgan fingerprint density at radius 1 is 1.33 bits per heavy atom. The summed E-state index contributed by atoms with van der Waals surface area (Å²) < 4.78 is 0. The number of fused-ring (bicyclic) bond motifs is 2. The molecule has 2 aromatic rings. The van der Waals surface area contributed by atoms with E-state index in [0.29, 0.717) is 11.6 Å². The summed E-state index contributed by atoms with van der Waals surface area (Å²) >= 11 is 6.02. The standard InChI is InChI=1S/C16H14ClN3O/c17-10-1-2-11-9(5-10)8-20(16(11)21)15-7-19-6-13-12(15)3-4-14(13)18/h1-2,5-7,14H,3-4,8,18H2. The van der Waals surface area contributed by atoms with Gasteiger partial charge < -0.3 is 10.6 Å². The Kier molecular flexibility index (Phi) is 2.77. The summed E-state index contributed by atoms with van der Waals surface area (Å²) in [5.74, 6) is 0.0114. The lowest BCUT2D eigenvalue weighted by atomic mass is 10.1. The van der Waals surface area contributed by atoms with Gasteiger partial charge in [0, 0.05) is 22.8 Å². The number of nitrogens with zero attached hydrogens (tertiary/aromatic N) is 2. The zero-order chi connectivity index (χ0) is 14.6. The van der Waals surface area contributed by atoms with Crippen LogP contribution in [-0.4, -0.2) is 10.9 Å². The van der Waals surface area contributed by atoms with Gasteiger partial charge in [0.15, 0.2) is 0 Å². The first-order valence-corrected chi connectivity index (χ1v) is 7.35. The van der Waals surface area contributed by atoms with Crippen LogP contribution in [0.4, 0.5) is 5.69 Å². The fraction of sp³-hybridized carbons (Fsp3) is 0.250. The van der Waals surface area contributed by atoms with Crippen molar-refractivity contribution in [3.05, 3.63) is 57.9 Å². The molecule has 2 aliphatic rings. The van der Waals surface area contributed by atoms with Gasteiger partial charge in [0.05, 0.1) is 18.4 Å². The Morgan fingerprint density at radius 3 is 3.05 bits per heavy atom. The normalized spacial score (nSPS) is 19.8. The number of pyridine rings is 1.